The summed E-state index contributed by atoms with van der Waals surface area (Å²) in [4.78, 5) is 14.5. The van der Waals surface area contributed by atoms with Gasteiger partial charge in [0, 0.05) is 16.7 Å². The molecule has 0 fully saturated rings. The fourth-order valence-corrected chi connectivity index (χ4v) is 3.11. The van der Waals surface area contributed by atoms with Gasteiger partial charge in [0.05, 0.1) is 5.92 Å². The number of fused-ring (bicyclic) bond motifs is 1. The van der Waals surface area contributed by atoms with Crippen molar-refractivity contribution in [3.8, 4) is 0 Å². The van der Waals surface area contributed by atoms with Crippen LogP contribution in [0.25, 0.3) is 0 Å². The van der Waals surface area contributed by atoms with E-state index in [-0.39, 0.29) is 11.8 Å². The SMILES string of the molecule is CCN1C(=O)[C@H](Cc2ccc(Br)cc2)c2ccccc21. The van der Waals surface area contributed by atoms with Gasteiger partial charge in [0.15, 0.2) is 0 Å². The molecule has 2 nitrogen and oxygen atoms in total. The topological polar surface area (TPSA) is 20.3 Å². The van der Waals surface area contributed by atoms with E-state index in [1.54, 1.807) is 0 Å². The molecule has 20 heavy (non-hydrogen) atoms. The van der Waals surface area contributed by atoms with E-state index in [2.05, 4.69) is 34.1 Å². The van der Waals surface area contributed by atoms with Crippen LogP contribution >= 0.6 is 15.9 Å². The number of carbonyl (C=O) groups excluding carboxylic acids is 1. The van der Waals surface area contributed by atoms with Crippen LogP contribution in [-0.2, 0) is 11.2 Å². The first-order valence-electron chi connectivity index (χ1n) is 6.85. The maximum absolute atomic E-state index is 12.6. The van der Waals surface area contributed by atoms with Gasteiger partial charge in [0.2, 0.25) is 5.91 Å². The van der Waals surface area contributed by atoms with Crippen LogP contribution in [-0.4, -0.2) is 12.5 Å². The molecular weight excluding hydrogens is 314 g/mol. The maximum Gasteiger partial charge on any atom is 0.234 e. The molecule has 0 radical (unpaired) electrons. The zero-order valence-corrected chi connectivity index (χ0v) is 12.9. The molecule has 1 atom stereocenters. The van der Waals surface area contributed by atoms with Gasteiger partial charge in [-0.25, -0.2) is 0 Å². The predicted molar refractivity (Wildman–Crippen MR) is 85.1 cm³/mol. The lowest BCUT2D eigenvalue weighted by Gasteiger charge is -2.15. The lowest BCUT2D eigenvalue weighted by Crippen LogP contribution is -2.29. The van der Waals surface area contributed by atoms with Crippen molar-refractivity contribution in [1.29, 1.82) is 0 Å². The third-order valence-corrected chi connectivity index (χ3v) is 4.37. The summed E-state index contributed by atoms with van der Waals surface area (Å²) in [5.41, 5.74) is 3.42. The van der Waals surface area contributed by atoms with Crippen LogP contribution in [0.3, 0.4) is 0 Å². The van der Waals surface area contributed by atoms with Gasteiger partial charge >= 0.3 is 0 Å². The number of hydrogen-bond acceptors (Lipinski definition) is 1. The number of anilines is 1. The fourth-order valence-electron chi connectivity index (χ4n) is 2.85. The highest BCUT2D eigenvalue weighted by Crippen LogP contribution is 2.38. The summed E-state index contributed by atoms with van der Waals surface area (Å²) < 4.78 is 1.06. The van der Waals surface area contributed by atoms with Crippen LogP contribution in [0.2, 0.25) is 0 Å². The molecule has 0 aromatic heterocycles. The van der Waals surface area contributed by atoms with Gasteiger partial charge in [0.1, 0.15) is 0 Å². The molecule has 1 heterocycles. The average Bonchev–Trinajstić information content (AvgIpc) is 2.74. The van der Waals surface area contributed by atoms with Gasteiger partial charge in [0.25, 0.3) is 0 Å². The predicted octanol–water partition coefficient (Wildman–Crippen LogP) is 4.14. The standard InChI is InChI=1S/C17H16BrNO/c1-2-19-16-6-4-3-5-14(16)15(17(19)20)11-12-7-9-13(18)10-8-12/h3-10,15H,2,11H2,1H3/t15-/m1/s1. The molecule has 0 spiro atoms. The zero-order valence-electron chi connectivity index (χ0n) is 11.3. The first kappa shape index (κ1) is 13.4. The summed E-state index contributed by atoms with van der Waals surface area (Å²) in [6.07, 6.45) is 0.764. The molecular formula is C17H16BrNO. The summed E-state index contributed by atoms with van der Waals surface area (Å²) in [5.74, 6) is 0.170. The highest BCUT2D eigenvalue weighted by Gasteiger charge is 2.35. The van der Waals surface area contributed by atoms with E-state index in [9.17, 15) is 4.79 Å². The van der Waals surface area contributed by atoms with Crippen molar-refractivity contribution in [2.45, 2.75) is 19.3 Å². The second-order valence-electron chi connectivity index (χ2n) is 5.02. The molecule has 0 N–H and O–H groups in total. The Balaban J connectivity index is 1.94. The van der Waals surface area contributed by atoms with E-state index < -0.39 is 0 Å². The Morgan fingerprint density at radius 2 is 1.80 bits per heavy atom. The minimum atomic E-state index is -0.0488. The molecule has 0 aliphatic carbocycles. The van der Waals surface area contributed by atoms with Gasteiger partial charge in [-0.3, -0.25) is 4.79 Å². The summed E-state index contributed by atoms with van der Waals surface area (Å²) in [7, 11) is 0. The minimum Gasteiger partial charge on any atom is -0.312 e. The van der Waals surface area contributed by atoms with E-state index >= 15 is 0 Å². The highest BCUT2D eigenvalue weighted by molar-refractivity contribution is 9.10. The molecule has 1 amide bonds. The molecule has 2 aromatic rings. The number of rotatable bonds is 3. The fraction of sp³-hybridized carbons (Fsp3) is 0.235. The van der Waals surface area contributed by atoms with Crippen molar-refractivity contribution < 1.29 is 4.79 Å². The lowest BCUT2D eigenvalue weighted by molar-refractivity contribution is -0.119. The Morgan fingerprint density at radius 3 is 2.50 bits per heavy atom. The smallest absolute Gasteiger partial charge is 0.234 e. The van der Waals surface area contributed by atoms with Crippen molar-refractivity contribution >= 4 is 27.5 Å². The van der Waals surface area contributed by atoms with Crippen molar-refractivity contribution in [2.24, 2.45) is 0 Å². The number of likely N-dealkylation sites (N-methyl/N-ethyl adjacent to an activating group) is 1. The monoisotopic (exact) mass is 329 g/mol. The molecule has 3 rings (SSSR count). The Bertz CT molecular complexity index is 636. The first-order valence-corrected chi connectivity index (χ1v) is 7.64. The first-order chi connectivity index (χ1) is 9.70. The maximum atomic E-state index is 12.6. The van der Waals surface area contributed by atoms with E-state index in [1.165, 1.54) is 5.56 Å². The zero-order chi connectivity index (χ0) is 14.1. The van der Waals surface area contributed by atoms with E-state index in [4.69, 9.17) is 0 Å². The number of hydrogen-bond donors (Lipinski definition) is 0. The molecule has 1 aliphatic heterocycles. The van der Waals surface area contributed by atoms with Gasteiger partial charge in [-0.05, 0) is 42.7 Å². The summed E-state index contributed by atoms with van der Waals surface area (Å²) in [6.45, 7) is 2.75. The third kappa shape index (κ3) is 2.27. The molecule has 0 bridgehead atoms. The second kappa shape index (κ2) is 5.41. The molecule has 1 aliphatic rings. The van der Waals surface area contributed by atoms with Gasteiger partial charge < -0.3 is 4.90 Å². The van der Waals surface area contributed by atoms with Gasteiger partial charge in [-0.1, -0.05) is 46.3 Å². The average molecular weight is 330 g/mol. The molecule has 0 saturated carbocycles. The molecule has 102 valence electrons. The number of nitrogens with zero attached hydrogens (tertiary/aromatic N) is 1. The van der Waals surface area contributed by atoms with Crippen LogP contribution in [0.4, 0.5) is 5.69 Å². The van der Waals surface area contributed by atoms with Crippen LogP contribution in [0.1, 0.15) is 24.0 Å². The Hall–Kier alpha value is -1.61. The minimum absolute atomic E-state index is 0.0488. The Morgan fingerprint density at radius 1 is 1.10 bits per heavy atom. The number of benzene rings is 2. The van der Waals surface area contributed by atoms with Crippen LogP contribution < -0.4 is 4.90 Å². The number of amides is 1. The van der Waals surface area contributed by atoms with E-state index in [0.29, 0.717) is 0 Å². The van der Waals surface area contributed by atoms with Crippen LogP contribution in [0.15, 0.2) is 53.0 Å². The Labute approximate surface area is 127 Å². The molecule has 2 aromatic carbocycles. The van der Waals surface area contributed by atoms with Crippen LogP contribution in [0, 0.1) is 0 Å². The Kier molecular flexibility index (Phi) is 3.62. The summed E-state index contributed by atoms with van der Waals surface area (Å²) in [6, 6.07) is 16.3. The normalized spacial score (nSPS) is 17.4. The van der Waals surface area contributed by atoms with Crippen molar-refractivity contribution in [2.75, 3.05) is 11.4 Å². The number of carbonyl (C=O) groups is 1. The van der Waals surface area contributed by atoms with Crippen molar-refractivity contribution in [3.63, 3.8) is 0 Å². The quantitative estimate of drug-likeness (QED) is 0.828. The van der Waals surface area contributed by atoms with Gasteiger partial charge in [-0.15, -0.1) is 0 Å². The highest BCUT2D eigenvalue weighted by atomic mass is 79.9. The van der Waals surface area contributed by atoms with E-state index in [1.807, 2.05) is 42.2 Å². The summed E-state index contributed by atoms with van der Waals surface area (Å²) in [5, 5.41) is 0. The number of halogens is 1. The summed E-state index contributed by atoms with van der Waals surface area (Å²) >= 11 is 3.44. The lowest BCUT2D eigenvalue weighted by atomic mass is 9.93. The van der Waals surface area contributed by atoms with E-state index in [0.717, 1.165) is 28.7 Å². The molecule has 0 saturated heterocycles. The largest absolute Gasteiger partial charge is 0.312 e. The number of para-hydroxylation sites is 1. The van der Waals surface area contributed by atoms with Crippen molar-refractivity contribution in [1.82, 2.24) is 0 Å². The van der Waals surface area contributed by atoms with Crippen LogP contribution in [0.5, 0.6) is 0 Å². The molecule has 0 unspecified atom stereocenters. The van der Waals surface area contributed by atoms with Gasteiger partial charge in [-0.2, -0.15) is 0 Å². The second-order valence-corrected chi connectivity index (χ2v) is 5.94. The molecule has 3 heteroatoms. The van der Waals surface area contributed by atoms with Crippen molar-refractivity contribution in [3.05, 3.63) is 64.1 Å². The third-order valence-electron chi connectivity index (χ3n) is 3.84.